The van der Waals surface area contributed by atoms with E-state index >= 15 is 0 Å². The summed E-state index contributed by atoms with van der Waals surface area (Å²) >= 11 is 12.4. The summed E-state index contributed by atoms with van der Waals surface area (Å²) in [5, 5.41) is 0.121. The summed E-state index contributed by atoms with van der Waals surface area (Å²) < 4.78 is 35.3. The second-order valence-corrected chi connectivity index (χ2v) is 8.21. The van der Waals surface area contributed by atoms with E-state index in [1.807, 2.05) is 31.2 Å². The molecule has 5 nitrogen and oxygen atoms in total. The SMILES string of the molecule is CCOc1ccc(N=Cc2cc(Cl)c(OS(=O)(=O)c3ccccc3)c(Cl)c2)cc1. The summed E-state index contributed by atoms with van der Waals surface area (Å²) in [4.78, 5) is 4.36. The molecule has 0 unspecified atom stereocenters. The minimum absolute atomic E-state index is 0.00766. The molecule has 0 aliphatic carbocycles. The largest absolute Gasteiger partial charge is 0.494 e. The summed E-state index contributed by atoms with van der Waals surface area (Å²) in [6.07, 6.45) is 1.57. The van der Waals surface area contributed by atoms with Gasteiger partial charge in [-0.15, -0.1) is 0 Å². The van der Waals surface area contributed by atoms with E-state index in [1.165, 1.54) is 24.3 Å². The van der Waals surface area contributed by atoms with Gasteiger partial charge in [-0.3, -0.25) is 4.99 Å². The Morgan fingerprint density at radius 2 is 1.59 bits per heavy atom. The Morgan fingerprint density at radius 1 is 0.966 bits per heavy atom. The van der Waals surface area contributed by atoms with Gasteiger partial charge in [0.05, 0.1) is 22.3 Å². The highest BCUT2D eigenvalue weighted by Gasteiger charge is 2.20. The zero-order valence-corrected chi connectivity index (χ0v) is 17.7. The fraction of sp³-hybridized carbons (Fsp3) is 0.0952. The van der Waals surface area contributed by atoms with Crippen LogP contribution < -0.4 is 8.92 Å². The van der Waals surface area contributed by atoms with Crippen molar-refractivity contribution in [2.45, 2.75) is 11.8 Å². The molecule has 0 aromatic heterocycles. The Morgan fingerprint density at radius 3 is 2.17 bits per heavy atom. The van der Waals surface area contributed by atoms with Crippen LogP contribution in [0.4, 0.5) is 5.69 Å². The maximum atomic E-state index is 12.4. The molecule has 0 aliphatic heterocycles. The molecule has 0 amide bonds. The maximum Gasteiger partial charge on any atom is 0.339 e. The molecular weight excluding hydrogens is 433 g/mol. The molecule has 0 atom stereocenters. The predicted octanol–water partition coefficient (Wildman–Crippen LogP) is 5.91. The molecule has 3 rings (SSSR count). The van der Waals surface area contributed by atoms with Gasteiger partial charge in [-0.2, -0.15) is 8.42 Å². The van der Waals surface area contributed by atoms with Crippen LogP contribution in [0.15, 0.2) is 76.6 Å². The van der Waals surface area contributed by atoms with E-state index < -0.39 is 10.1 Å². The first-order valence-electron chi connectivity index (χ1n) is 8.64. The lowest BCUT2D eigenvalue weighted by molar-refractivity contribution is 0.340. The van der Waals surface area contributed by atoms with Gasteiger partial charge in [0.25, 0.3) is 0 Å². The third-order valence-corrected chi connectivity index (χ3v) is 5.55. The fourth-order valence-corrected chi connectivity index (χ4v) is 4.08. The standard InChI is InChI=1S/C21H17Cl2NO4S/c1-2-27-17-10-8-16(9-11-17)24-14-15-12-19(22)21(20(23)13-15)28-29(25,26)18-6-4-3-5-7-18/h3-14H,2H2,1H3. The van der Waals surface area contributed by atoms with Crippen molar-refractivity contribution >= 4 is 45.2 Å². The molecule has 0 N–H and O–H groups in total. The maximum absolute atomic E-state index is 12.4. The van der Waals surface area contributed by atoms with Crippen molar-refractivity contribution in [2.24, 2.45) is 4.99 Å². The van der Waals surface area contributed by atoms with Gasteiger partial charge in [-0.05, 0) is 61.0 Å². The molecule has 0 radical (unpaired) electrons. The average Bonchev–Trinajstić information content (AvgIpc) is 2.71. The molecule has 29 heavy (non-hydrogen) atoms. The number of ether oxygens (including phenoxy) is 1. The van der Waals surface area contributed by atoms with Crippen molar-refractivity contribution in [3.63, 3.8) is 0 Å². The minimum Gasteiger partial charge on any atom is -0.494 e. The molecule has 0 fully saturated rings. The molecule has 0 saturated heterocycles. The summed E-state index contributed by atoms with van der Waals surface area (Å²) in [6.45, 7) is 2.51. The van der Waals surface area contributed by atoms with E-state index in [0.717, 1.165) is 5.75 Å². The zero-order valence-electron chi connectivity index (χ0n) is 15.4. The van der Waals surface area contributed by atoms with Gasteiger partial charge < -0.3 is 8.92 Å². The molecule has 0 bridgehead atoms. The van der Waals surface area contributed by atoms with Gasteiger partial charge in [-0.1, -0.05) is 41.4 Å². The molecule has 8 heteroatoms. The van der Waals surface area contributed by atoms with Crippen LogP contribution in [-0.4, -0.2) is 21.2 Å². The van der Waals surface area contributed by atoms with E-state index in [0.29, 0.717) is 17.9 Å². The van der Waals surface area contributed by atoms with Crippen LogP contribution >= 0.6 is 23.2 Å². The summed E-state index contributed by atoms with van der Waals surface area (Å²) in [6, 6.07) is 18.1. The highest BCUT2D eigenvalue weighted by molar-refractivity contribution is 7.87. The molecule has 3 aromatic carbocycles. The van der Waals surface area contributed by atoms with Crippen molar-refractivity contribution in [3.05, 3.63) is 82.3 Å². The van der Waals surface area contributed by atoms with Crippen LogP contribution in [0, 0.1) is 0 Å². The lowest BCUT2D eigenvalue weighted by Crippen LogP contribution is -2.10. The monoisotopic (exact) mass is 449 g/mol. The average molecular weight is 450 g/mol. The number of halogens is 2. The highest BCUT2D eigenvalue weighted by atomic mass is 35.5. The number of aliphatic imine (C=N–C) groups is 1. The smallest absolute Gasteiger partial charge is 0.339 e. The van der Waals surface area contributed by atoms with Crippen LogP contribution in [0.2, 0.25) is 10.0 Å². The predicted molar refractivity (Wildman–Crippen MR) is 116 cm³/mol. The minimum atomic E-state index is -4.05. The molecule has 0 saturated carbocycles. The van der Waals surface area contributed by atoms with Crippen molar-refractivity contribution < 1.29 is 17.3 Å². The first-order valence-corrected chi connectivity index (χ1v) is 10.8. The quantitative estimate of drug-likeness (QED) is 0.332. The summed E-state index contributed by atoms with van der Waals surface area (Å²) in [7, 11) is -4.05. The van der Waals surface area contributed by atoms with Crippen LogP contribution in [0.25, 0.3) is 0 Å². The number of nitrogens with zero attached hydrogens (tertiary/aromatic N) is 1. The number of benzene rings is 3. The van der Waals surface area contributed by atoms with E-state index in [2.05, 4.69) is 4.99 Å². The number of hydrogen-bond acceptors (Lipinski definition) is 5. The van der Waals surface area contributed by atoms with Crippen LogP contribution in [0.1, 0.15) is 12.5 Å². The third kappa shape index (κ3) is 5.50. The summed E-state index contributed by atoms with van der Waals surface area (Å²) in [5.74, 6) is 0.633. The Bertz CT molecular complexity index is 1090. The topological polar surface area (TPSA) is 65.0 Å². The molecule has 0 heterocycles. The Balaban J connectivity index is 1.80. The number of rotatable bonds is 7. The Hall–Kier alpha value is -2.54. The molecule has 150 valence electrons. The van der Waals surface area contributed by atoms with Crippen molar-refractivity contribution in [3.8, 4) is 11.5 Å². The third-order valence-electron chi connectivity index (χ3n) is 3.76. The van der Waals surface area contributed by atoms with Gasteiger partial charge >= 0.3 is 10.1 Å². The molecule has 0 spiro atoms. The molecular formula is C21H17Cl2NO4S. The van der Waals surface area contributed by atoms with E-state index in [9.17, 15) is 8.42 Å². The Labute approximate surface area is 179 Å². The van der Waals surface area contributed by atoms with E-state index in [-0.39, 0.29) is 20.7 Å². The fourth-order valence-electron chi connectivity index (χ4n) is 2.42. The first kappa shape index (κ1) is 21.2. The van der Waals surface area contributed by atoms with Crippen molar-refractivity contribution in [1.82, 2.24) is 0 Å². The second kappa shape index (κ2) is 9.31. The summed E-state index contributed by atoms with van der Waals surface area (Å²) in [5.41, 5.74) is 1.31. The lowest BCUT2D eigenvalue weighted by atomic mass is 10.2. The van der Waals surface area contributed by atoms with Crippen LogP contribution in [0.5, 0.6) is 11.5 Å². The highest BCUT2D eigenvalue weighted by Crippen LogP contribution is 2.36. The van der Waals surface area contributed by atoms with E-state index in [1.54, 1.807) is 24.4 Å². The molecule has 3 aromatic rings. The second-order valence-electron chi connectivity index (χ2n) is 5.85. The van der Waals surface area contributed by atoms with Crippen molar-refractivity contribution in [1.29, 1.82) is 0 Å². The van der Waals surface area contributed by atoms with Gasteiger partial charge in [-0.25, -0.2) is 0 Å². The lowest BCUT2D eigenvalue weighted by Gasteiger charge is -2.11. The van der Waals surface area contributed by atoms with E-state index in [4.69, 9.17) is 32.1 Å². The van der Waals surface area contributed by atoms with Gasteiger partial charge in [0.1, 0.15) is 10.6 Å². The normalized spacial score (nSPS) is 11.6. The first-order chi connectivity index (χ1) is 13.9. The van der Waals surface area contributed by atoms with Gasteiger partial charge in [0.2, 0.25) is 0 Å². The number of hydrogen-bond donors (Lipinski definition) is 0. The van der Waals surface area contributed by atoms with Crippen LogP contribution in [-0.2, 0) is 10.1 Å². The van der Waals surface area contributed by atoms with Crippen molar-refractivity contribution in [2.75, 3.05) is 6.61 Å². The molecule has 0 aliphatic rings. The Kier molecular flexibility index (Phi) is 6.79. The zero-order chi connectivity index (χ0) is 20.9. The van der Waals surface area contributed by atoms with Gasteiger partial charge in [0.15, 0.2) is 5.75 Å². The van der Waals surface area contributed by atoms with Crippen LogP contribution in [0.3, 0.4) is 0 Å². The van der Waals surface area contributed by atoms with Gasteiger partial charge in [0, 0.05) is 6.21 Å².